The van der Waals surface area contributed by atoms with Crippen LogP contribution in [0.3, 0.4) is 0 Å². The highest BCUT2D eigenvalue weighted by atomic mass is 35.5. The van der Waals surface area contributed by atoms with Crippen molar-refractivity contribution in [2.75, 3.05) is 5.73 Å². The molecular formula is C13H10ClN3O2. The Hall–Kier alpha value is -2.27. The molecule has 0 fully saturated rings. The number of halogens is 1. The van der Waals surface area contributed by atoms with Crippen LogP contribution in [0.2, 0.25) is 5.02 Å². The average molecular weight is 276 g/mol. The molecule has 3 rings (SSSR count). The molecule has 3 aromatic rings. The average Bonchev–Trinajstić information content (AvgIpc) is 2.69. The smallest absolute Gasteiger partial charge is 0.406 e. The van der Waals surface area contributed by atoms with Crippen LogP contribution in [0.1, 0.15) is 5.56 Å². The maximum absolute atomic E-state index is 11.8. The van der Waals surface area contributed by atoms with Crippen molar-refractivity contribution in [2.45, 2.75) is 6.54 Å². The van der Waals surface area contributed by atoms with Gasteiger partial charge in [0.05, 0.1) is 6.54 Å². The molecular weight excluding hydrogens is 266 g/mol. The Balaban J connectivity index is 2.10. The number of aromatic nitrogens is 2. The molecule has 5 nitrogen and oxygen atoms in total. The first kappa shape index (κ1) is 11.8. The molecule has 19 heavy (non-hydrogen) atoms. The van der Waals surface area contributed by atoms with Crippen LogP contribution in [0.25, 0.3) is 11.2 Å². The number of nitrogens with zero attached hydrogens (tertiary/aromatic N) is 2. The molecule has 0 aliphatic rings. The van der Waals surface area contributed by atoms with E-state index in [0.29, 0.717) is 28.5 Å². The topological polar surface area (TPSA) is 74.0 Å². The Kier molecular flexibility index (Phi) is 2.76. The van der Waals surface area contributed by atoms with Crippen LogP contribution in [0.4, 0.5) is 5.69 Å². The zero-order chi connectivity index (χ0) is 13.4. The number of fused-ring (bicyclic) bond motifs is 1. The highest BCUT2D eigenvalue weighted by Crippen LogP contribution is 2.20. The van der Waals surface area contributed by atoms with E-state index in [1.807, 2.05) is 0 Å². The van der Waals surface area contributed by atoms with E-state index in [1.165, 1.54) is 4.57 Å². The summed E-state index contributed by atoms with van der Waals surface area (Å²) in [6.45, 7) is 0.297. The molecule has 1 aromatic carbocycles. The van der Waals surface area contributed by atoms with Crippen molar-refractivity contribution in [1.82, 2.24) is 9.55 Å². The predicted molar refractivity (Wildman–Crippen MR) is 73.2 cm³/mol. The number of pyridine rings is 1. The van der Waals surface area contributed by atoms with Gasteiger partial charge in [0.25, 0.3) is 0 Å². The summed E-state index contributed by atoms with van der Waals surface area (Å²) in [5.41, 5.74) is 8.17. The minimum Gasteiger partial charge on any atom is -0.406 e. The molecule has 96 valence electrons. The Bertz CT molecular complexity index is 807. The fourth-order valence-electron chi connectivity index (χ4n) is 1.92. The van der Waals surface area contributed by atoms with Crippen LogP contribution >= 0.6 is 11.6 Å². The monoisotopic (exact) mass is 275 g/mol. The molecule has 2 heterocycles. The molecule has 0 saturated heterocycles. The van der Waals surface area contributed by atoms with Gasteiger partial charge in [-0.3, -0.25) is 4.57 Å². The second kappa shape index (κ2) is 4.44. The van der Waals surface area contributed by atoms with Crippen molar-refractivity contribution in [1.29, 1.82) is 0 Å². The van der Waals surface area contributed by atoms with E-state index in [-0.39, 0.29) is 0 Å². The van der Waals surface area contributed by atoms with Gasteiger partial charge in [0.1, 0.15) is 0 Å². The first-order chi connectivity index (χ1) is 9.15. The number of nitrogen functional groups attached to an aromatic ring is 1. The lowest BCUT2D eigenvalue weighted by molar-refractivity contribution is 0.518. The second-order valence-electron chi connectivity index (χ2n) is 4.12. The highest BCUT2D eigenvalue weighted by Gasteiger charge is 2.11. The van der Waals surface area contributed by atoms with Crippen LogP contribution in [-0.2, 0) is 6.54 Å². The third kappa shape index (κ3) is 2.08. The molecule has 0 unspecified atom stereocenters. The number of nitrogens with two attached hydrogens (primary N) is 1. The minimum absolute atomic E-state index is 0.297. The maximum Gasteiger partial charge on any atom is 0.421 e. The molecule has 0 aliphatic heterocycles. The Labute approximate surface area is 113 Å². The Morgan fingerprint density at radius 2 is 2.21 bits per heavy atom. The van der Waals surface area contributed by atoms with Crippen molar-refractivity contribution >= 4 is 28.5 Å². The van der Waals surface area contributed by atoms with Crippen LogP contribution in [0.5, 0.6) is 0 Å². The van der Waals surface area contributed by atoms with E-state index < -0.39 is 5.76 Å². The molecule has 0 amide bonds. The normalized spacial score (nSPS) is 11.0. The summed E-state index contributed by atoms with van der Waals surface area (Å²) in [5, 5.41) is 0.559. The number of hydrogen-bond donors (Lipinski definition) is 1. The largest absolute Gasteiger partial charge is 0.421 e. The van der Waals surface area contributed by atoms with Gasteiger partial charge in [-0.25, -0.2) is 9.78 Å². The van der Waals surface area contributed by atoms with Crippen molar-refractivity contribution in [3.05, 3.63) is 57.7 Å². The number of hydrogen-bond acceptors (Lipinski definition) is 4. The van der Waals surface area contributed by atoms with Crippen LogP contribution < -0.4 is 11.5 Å². The van der Waals surface area contributed by atoms with E-state index in [1.54, 1.807) is 36.5 Å². The molecule has 0 radical (unpaired) electrons. The van der Waals surface area contributed by atoms with E-state index >= 15 is 0 Å². The van der Waals surface area contributed by atoms with Gasteiger partial charge < -0.3 is 10.2 Å². The van der Waals surface area contributed by atoms with E-state index in [4.69, 9.17) is 21.8 Å². The van der Waals surface area contributed by atoms with Gasteiger partial charge >= 0.3 is 5.76 Å². The van der Waals surface area contributed by atoms with Gasteiger partial charge in [-0.1, -0.05) is 17.7 Å². The third-order valence-electron chi connectivity index (χ3n) is 2.86. The number of rotatable bonds is 2. The van der Waals surface area contributed by atoms with Gasteiger partial charge in [-0.05, 0) is 29.8 Å². The number of benzene rings is 1. The summed E-state index contributed by atoms with van der Waals surface area (Å²) in [7, 11) is 0. The Morgan fingerprint density at radius 1 is 1.37 bits per heavy atom. The first-order valence-corrected chi connectivity index (χ1v) is 6.01. The summed E-state index contributed by atoms with van der Waals surface area (Å²) in [5.74, 6) is -0.456. The molecule has 0 spiro atoms. The third-order valence-corrected chi connectivity index (χ3v) is 3.10. The van der Waals surface area contributed by atoms with E-state index in [0.717, 1.165) is 5.56 Å². The first-order valence-electron chi connectivity index (χ1n) is 5.63. The van der Waals surface area contributed by atoms with Crippen LogP contribution in [-0.4, -0.2) is 9.55 Å². The van der Waals surface area contributed by atoms with E-state index in [9.17, 15) is 4.79 Å². The summed E-state index contributed by atoms with van der Waals surface area (Å²) in [6, 6.07) is 8.58. The molecule has 2 N–H and O–H groups in total. The minimum atomic E-state index is -0.456. The zero-order valence-corrected chi connectivity index (χ0v) is 10.6. The quantitative estimate of drug-likeness (QED) is 0.728. The molecule has 0 saturated carbocycles. The number of oxazole rings is 1. The molecule has 0 aliphatic carbocycles. The fourth-order valence-corrected chi connectivity index (χ4v) is 2.10. The van der Waals surface area contributed by atoms with Gasteiger partial charge in [-0.2, -0.15) is 0 Å². The van der Waals surface area contributed by atoms with E-state index in [2.05, 4.69) is 4.98 Å². The lowest BCUT2D eigenvalue weighted by Gasteiger charge is -2.06. The maximum atomic E-state index is 11.8. The standard InChI is InChI=1S/C13H10ClN3O2/c14-9-4-3-8(10(15)6-9)7-17-12-11(19-13(17)18)2-1-5-16-12/h1-6H,7,15H2. The van der Waals surface area contributed by atoms with Gasteiger partial charge in [0.2, 0.25) is 0 Å². The van der Waals surface area contributed by atoms with Gasteiger partial charge in [0, 0.05) is 16.9 Å². The molecule has 2 aromatic heterocycles. The van der Waals surface area contributed by atoms with Crippen molar-refractivity contribution in [3.63, 3.8) is 0 Å². The zero-order valence-electron chi connectivity index (χ0n) is 9.84. The summed E-state index contributed by atoms with van der Waals surface area (Å²) >= 11 is 5.85. The Morgan fingerprint density at radius 3 is 3.00 bits per heavy atom. The second-order valence-corrected chi connectivity index (χ2v) is 4.56. The lowest BCUT2D eigenvalue weighted by Crippen LogP contribution is -2.16. The van der Waals surface area contributed by atoms with Crippen molar-refractivity contribution < 1.29 is 4.42 Å². The SMILES string of the molecule is Nc1cc(Cl)ccc1Cn1c(=O)oc2cccnc21. The highest BCUT2D eigenvalue weighted by molar-refractivity contribution is 6.30. The van der Waals surface area contributed by atoms with Gasteiger partial charge in [0.15, 0.2) is 11.2 Å². The van der Waals surface area contributed by atoms with Crippen LogP contribution in [0, 0.1) is 0 Å². The molecule has 0 atom stereocenters. The van der Waals surface area contributed by atoms with Crippen molar-refractivity contribution in [2.24, 2.45) is 0 Å². The summed E-state index contributed by atoms with van der Waals surface area (Å²) < 4.78 is 6.55. The predicted octanol–water partition coefficient (Wildman–Crippen LogP) is 2.27. The summed E-state index contributed by atoms with van der Waals surface area (Å²) in [6.07, 6.45) is 1.61. The molecule has 6 heteroatoms. The van der Waals surface area contributed by atoms with Crippen LogP contribution in [0.15, 0.2) is 45.7 Å². The number of anilines is 1. The van der Waals surface area contributed by atoms with Crippen molar-refractivity contribution in [3.8, 4) is 0 Å². The molecule has 0 bridgehead atoms. The fraction of sp³-hybridized carbons (Fsp3) is 0.0769. The van der Waals surface area contributed by atoms with Gasteiger partial charge in [-0.15, -0.1) is 0 Å². The lowest BCUT2D eigenvalue weighted by atomic mass is 10.2. The summed E-state index contributed by atoms with van der Waals surface area (Å²) in [4.78, 5) is 16.0.